The van der Waals surface area contributed by atoms with E-state index in [4.69, 9.17) is 0 Å². The molecule has 27 heavy (non-hydrogen) atoms. The molecule has 6 heteroatoms. The molecule has 0 N–H and O–H groups in total. The number of aliphatic imine (C=N–C) groups is 2. The summed E-state index contributed by atoms with van der Waals surface area (Å²) in [5.41, 5.74) is 1.85. The Balaban J connectivity index is 1.25. The van der Waals surface area contributed by atoms with Crippen LogP contribution in [0.15, 0.2) is 58.8 Å². The van der Waals surface area contributed by atoms with Gasteiger partial charge in [-0.2, -0.15) is 0 Å². The molecule has 0 unspecified atom stereocenters. The van der Waals surface area contributed by atoms with E-state index < -0.39 is 0 Å². The number of piperazine rings is 1. The van der Waals surface area contributed by atoms with Gasteiger partial charge in [0.1, 0.15) is 0 Å². The lowest BCUT2D eigenvalue weighted by atomic mass is 10.3. The lowest BCUT2D eigenvalue weighted by Gasteiger charge is -2.34. The summed E-state index contributed by atoms with van der Waals surface area (Å²) < 4.78 is 0. The van der Waals surface area contributed by atoms with E-state index in [1.165, 1.54) is 0 Å². The highest BCUT2D eigenvalue weighted by Gasteiger charge is 2.15. The predicted molar refractivity (Wildman–Crippen MR) is 111 cm³/mol. The van der Waals surface area contributed by atoms with Crippen LogP contribution in [0.4, 0.5) is 0 Å². The highest BCUT2D eigenvalue weighted by atomic mass is 15.3. The lowest BCUT2D eigenvalue weighted by molar-refractivity contribution is 0.135. The van der Waals surface area contributed by atoms with Crippen LogP contribution < -0.4 is 0 Å². The summed E-state index contributed by atoms with van der Waals surface area (Å²) in [5.74, 6) is 0. The van der Waals surface area contributed by atoms with Crippen molar-refractivity contribution >= 4 is 12.4 Å². The van der Waals surface area contributed by atoms with Gasteiger partial charge in [-0.05, 0) is 37.2 Å². The molecule has 3 rings (SSSR count). The molecule has 0 aromatic carbocycles. The molecule has 1 aliphatic rings. The Bertz CT molecular complexity index is 693. The quantitative estimate of drug-likeness (QED) is 0.505. The molecule has 1 aliphatic heterocycles. The molecule has 2 aromatic rings. The maximum absolute atomic E-state index is 4.49. The molecule has 0 bridgehead atoms. The molecule has 0 radical (unpaired) electrons. The highest BCUT2D eigenvalue weighted by molar-refractivity contribution is 5.77. The van der Waals surface area contributed by atoms with Crippen molar-refractivity contribution in [1.29, 1.82) is 0 Å². The first-order valence-electron chi connectivity index (χ1n) is 9.66. The van der Waals surface area contributed by atoms with Crippen molar-refractivity contribution in [1.82, 2.24) is 19.8 Å². The van der Waals surface area contributed by atoms with E-state index in [9.17, 15) is 0 Å². The van der Waals surface area contributed by atoms with Gasteiger partial charge in [-0.25, -0.2) is 0 Å². The van der Waals surface area contributed by atoms with Gasteiger partial charge in [0.15, 0.2) is 0 Å². The van der Waals surface area contributed by atoms with Gasteiger partial charge >= 0.3 is 0 Å². The SMILES string of the molecule is C(=NCCCN1CCN(CCN=Cc2ccccn2)CC1)c1ccccn1. The first-order chi connectivity index (χ1) is 13.4. The Labute approximate surface area is 161 Å². The number of aromatic nitrogens is 2. The Kier molecular flexibility index (Phi) is 8.10. The van der Waals surface area contributed by atoms with Crippen LogP contribution in [-0.2, 0) is 0 Å². The lowest BCUT2D eigenvalue weighted by Crippen LogP contribution is -2.47. The van der Waals surface area contributed by atoms with Gasteiger partial charge in [0.2, 0.25) is 0 Å². The zero-order chi connectivity index (χ0) is 18.6. The van der Waals surface area contributed by atoms with Crippen molar-refractivity contribution < 1.29 is 0 Å². The molecule has 1 fully saturated rings. The fourth-order valence-electron chi connectivity index (χ4n) is 3.04. The molecular formula is C21H28N6. The maximum atomic E-state index is 4.49. The monoisotopic (exact) mass is 364 g/mol. The van der Waals surface area contributed by atoms with E-state index in [0.29, 0.717) is 0 Å². The largest absolute Gasteiger partial charge is 0.301 e. The second kappa shape index (κ2) is 11.3. The van der Waals surface area contributed by atoms with Crippen LogP contribution in [0.5, 0.6) is 0 Å². The summed E-state index contributed by atoms with van der Waals surface area (Å²) in [7, 11) is 0. The number of rotatable bonds is 9. The van der Waals surface area contributed by atoms with Crippen LogP contribution in [0.1, 0.15) is 17.8 Å². The van der Waals surface area contributed by atoms with E-state index >= 15 is 0 Å². The summed E-state index contributed by atoms with van der Waals surface area (Å²) >= 11 is 0. The average Bonchev–Trinajstić information content (AvgIpc) is 2.73. The molecule has 0 aliphatic carbocycles. The third-order valence-corrected chi connectivity index (χ3v) is 4.59. The second-order valence-corrected chi connectivity index (χ2v) is 6.62. The molecule has 0 atom stereocenters. The molecule has 3 heterocycles. The summed E-state index contributed by atoms with van der Waals surface area (Å²) in [6.45, 7) is 8.34. The Morgan fingerprint density at radius 1 is 0.741 bits per heavy atom. The fourth-order valence-corrected chi connectivity index (χ4v) is 3.04. The third-order valence-electron chi connectivity index (χ3n) is 4.59. The van der Waals surface area contributed by atoms with E-state index in [-0.39, 0.29) is 0 Å². The van der Waals surface area contributed by atoms with E-state index in [1.807, 2.05) is 48.8 Å². The van der Waals surface area contributed by atoms with Crippen molar-refractivity contribution in [3.05, 3.63) is 60.2 Å². The van der Waals surface area contributed by atoms with Crippen molar-refractivity contribution in [2.45, 2.75) is 6.42 Å². The van der Waals surface area contributed by atoms with Gasteiger partial charge in [-0.3, -0.25) is 24.9 Å². The summed E-state index contributed by atoms with van der Waals surface area (Å²) in [6, 6.07) is 11.8. The number of hydrogen-bond donors (Lipinski definition) is 0. The second-order valence-electron chi connectivity index (χ2n) is 6.62. The van der Waals surface area contributed by atoms with Crippen LogP contribution in [0.2, 0.25) is 0 Å². The standard InChI is InChI=1S/C21H28N6/c1-3-9-24-20(6-1)18-22-8-5-12-26-14-16-27(17-15-26)13-11-23-19-21-7-2-4-10-25-21/h1-4,6-7,9-10,18-19H,5,8,11-17H2. The molecule has 1 saturated heterocycles. The van der Waals surface area contributed by atoms with Gasteiger partial charge in [-0.15, -0.1) is 0 Å². The fraction of sp³-hybridized carbons (Fsp3) is 0.429. The number of pyridine rings is 2. The van der Waals surface area contributed by atoms with Crippen molar-refractivity contribution in [2.24, 2.45) is 9.98 Å². The van der Waals surface area contributed by atoms with Crippen LogP contribution in [-0.4, -0.2) is 84.6 Å². The topological polar surface area (TPSA) is 57.0 Å². The van der Waals surface area contributed by atoms with Crippen molar-refractivity contribution in [3.63, 3.8) is 0 Å². The third kappa shape index (κ3) is 7.37. The van der Waals surface area contributed by atoms with Gasteiger partial charge < -0.3 is 4.90 Å². The normalized spacial score (nSPS) is 16.4. The van der Waals surface area contributed by atoms with Gasteiger partial charge in [0.25, 0.3) is 0 Å². The van der Waals surface area contributed by atoms with Crippen LogP contribution in [0.25, 0.3) is 0 Å². The minimum atomic E-state index is 0.832. The minimum absolute atomic E-state index is 0.832. The first kappa shape index (κ1) is 19.3. The average molecular weight is 364 g/mol. The molecule has 2 aromatic heterocycles. The molecule has 0 saturated carbocycles. The van der Waals surface area contributed by atoms with Gasteiger partial charge in [-0.1, -0.05) is 12.1 Å². The summed E-state index contributed by atoms with van der Waals surface area (Å²) in [5, 5.41) is 0. The Hall–Kier alpha value is -2.44. The Morgan fingerprint density at radius 3 is 1.85 bits per heavy atom. The zero-order valence-corrected chi connectivity index (χ0v) is 15.8. The summed E-state index contributed by atoms with van der Waals surface area (Å²) in [6.07, 6.45) is 8.41. The van der Waals surface area contributed by atoms with Crippen LogP contribution in [0.3, 0.4) is 0 Å². The predicted octanol–water partition coefficient (Wildman–Crippen LogP) is 2.02. The van der Waals surface area contributed by atoms with Crippen molar-refractivity contribution in [2.75, 3.05) is 52.4 Å². The van der Waals surface area contributed by atoms with Crippen LogP contribution in [0, 0.1) is 0 Å². The first-order valence-corrected chi connectivity index (χ1v) is 9.66. The molecule has 0 spiro atoms. The van der Waals surface area contributed by atoms with Crippen molar-refractivity contribution in [3.8, 4) is 0 Å². The van der Waals surface area contributed by atoms with E-state index in [2.05, 4.69) is 29.8 Å². The van der Waals surface area contributed by atoms with E-state index in [1.54, 1.807) is 12.4 Å². The molecular weight excluding hydrogens is 336 g/mol. The summed E-state index contributed by atoms with van der Waals surface area (Å²) in [4.78, 5) is 22.5. The zero-order valence-electron chi connectivity index (χ0n) is 15.8. The van der Waals surface area contributed by atoms with E-state index in [0.717, 1.165) is 70.2 Å². The van der Waals surface area contributed by atoms with Gasteiger partial charge in [0, 0.05) is 64.1 Å². The number of hydrogen-bond acceptors (Lipinski definition) is 6. The molecule has 0 amide bonds. The minimum Gasteiger partial charge on any atom is -0.301 e. The smallest absolute Gasteiger partial charge is 0.0807 e. The highest BCUT2D eigenvalue weighted by Crippen LogP contribution is 2.02. The molecule has 6 nitrogen and oxygen atoms in total. The Morgan fingerprint density at radius 2 is 1.30 bits per heavy atom. The van der Waals surface area contributed by atoms with Gasteiger partial charge in [0.05, 0.1) is 17.9 Å². The number of nitrogens with zero attached hydrogens (tertiary/aromatic N) is 6. The molecule has 142 valence electrons. The maximum Gasteiger partial charge on any atom is 0.0807 e. The van der Waals surface area contributed by atoms with Crippen LogP contribution >= 0.6 is 0 Å².